The van der Waals surface area contributed by atoms with Crippen molar-refractivity contribution in [1.29, 1.82) is 0 Å². The molecule has 16 heavy (non-hydrogen) atoms. The first-order chi connectivity index (χ1) is 7.74. The summed E-state index contributed by atoms with van der Waals surface area (Å²) < 4.78 is 2.07. The van der Waals surface area contributed by atoms with Crippen molar-refractivity contribution in [3.8, 4) is 0 Å². The standard InChI is InChI=1S/C14H16N2/c1-4-6-12(5-2)13-7-8-14-15-11(3)9-16(14)10-13/h4-10H,1-3H3. The van der Waals surface area contributed by atoms with Gasteiger partial charge in [0.2, 0.25) is 0 Å². The topological polar surface area (TPSA) is 17.3 Å². The zero-order chi connectivity index (χ0) is 11.5. The second kappa shape index (κ2) is 4.35. The Labute approximate surface area is 95.9 Å². The number of aryl methyl sites for hydroxylation is 1. The summed E-state index contributed by atoms with van der Waals surface area (Å²) in [6.07, 6.45) is 10.4. The van der Waals surface area contributed by atoms with Gasteiger partial charge < -0.3 is 4.40 Å². The maximum Gasteiger partial charge on any atom is 0.136 e. The molecule has 0 aliphatic carbocycles. The van der Waals surface area contributed by atoms with E-state index in [0.29, 0.717) is 0 Å². The first-order valence-electron chi connectivity index (χ1n) is 5.49. The fourth-order valence-electron chi connectivity index (χ4n) is 1.83. The molecule has 0 atom stereocenters. The molecule has 0 fully saturated rings. The molecule has 2 heterocycles. The van der Waals surface area contributed by atoms with Crippen LogP contribution in [0.5, 0.6) is 0 Å². The van der Waals surface area contributed by atoms with Gasteiger partial charge in [0.15, 0.2) is 0 Å². The number of imidazole rings is 1. The van der Waals surface area contributed by atoms with Crippen molar-refractivity contribution in [1.82, 2.24) is 9.38 Å². The molecule has 0 radical (unpaired) electrons. The smallest absolute Gasteiger partial charge is 0.136 e. The summed E-state index contributed by atoms with van der Waals surface area (Å²) in [6, 6.07) is 4.16. The average molecular weight is 212 g/mol. The van der Waals surface area contributed by atoms with E-state index in [1.807, 2.05) is 20.0 Å². The summed E-state index contributed by atoms with van der Waals surface area (Å²) >= 11 is 0. The molecule has 0 aromatic carbocycles. The lowest BCUT2D eigenvalue weighted by molar-refractivity contribution is 1.17. The average Bonchev–Trinajstić information content (AvgIpc) is 2.64. The third-order valence-corrected chi connectivity index (χ3v) is 2.56. The third-order valence-electron chi connectivity index (χ3n) is 2.56. The van der Waals surface area contributed by atoms with Crippen molar-refractivity contribution in [3.63, 3.8) is 0 Å². The predicted octanol–water partition coefficient (Wildman–Crippen LogP) is 3.62. The van der Waals surface area contributed by atoms with E-state index in [2.05, 4.69) is 52.9 Å². The van der Waals surface area contributed by atoms with Crippen molar-refractivity contribution < 1.29 is 0 Å². The van der Waals surface area contributed by atoms with E-state index in [1.54, 1.807) is 0 Å². The lowest BCUT2D eigenvalue weighted by atomic mass is 10.1. The lowest BCUT2D eigenvalue weighted by Crippen LogP contribution is -1.87. The number of hydrogen-bond acceptors (Lipinski definition) is 1. The van der Waals surface area contributed by atoms with E-state index in [-0.39, 0.29) is 0 Å². The Bertz CT molecular complexity index is 559. The molecule has 2 aromatic rings. The Kier molecular flexibility index (Phi) is 2.91. The van der Waals surface area contributed by atoms with Crippen LogP contribution >= 0.6 is 0 Å². The molecule has 0 aliphatic heterocycles. The van der Waals surface area contributed by atoms with Crippen LogP contribution < -0.4 is 0 Å². The fraction of sp³-hybridized carbons (Fsp3) is 0.214. The summed E-state index contributed by atoms with van der Waals surface area (Å²) in [5.41, 5.74) is 4.49. The van der Waals surface area contributed by atoms with Crippen LogP contribution in [0.15, 0.2) is 42.8 Å². The van der Waals surface area contributed by atoms with Gasteiger partial charge in [-0.2, -0.15) is 0 Å². The second-order valence-electron chi connectivity index (χ2n) is 3.81. The minimum atomic E-state index is 0.997. The molecule has 0 N–H and O–H groups in total. The Hall–Kier alpha value is -1.83. The maximum absolute atomic E-state index is 4.41. The van der Waals surface area contributed by atoms with Crippen molar-refractivity contribution in [3.05, 3.63) is 54.0 Å². The van der Waals surface area contributed by atoms with E-state index in [9.17, 15) is 0 Å². The number of nitrogens with zero attached hydrogens (tertiary/aromatic N) is 2. The molecule has 0 saturated carbocycles. The Morgan fingerprint density at radius 2 is 2.06 bits per heavy atom. The monoisotopic (exact) mass is 212 g/mol. The molecule has 0 saturated heterocycles. The van der Waals surface area contributed by atoms with Gasteiger partial charge in [-0.3, -0.25) is 0 Å². The number of rotatable bonds is 2. The highest BCUT2D eigenvalue weighted by Crippen LogP contribution is 2.17. The lowest BCUT2D eigenvalue weighted by Gasteiger charge is -2.02. The van der Waals surface area contributed by atoms with Crippen LogP contribution in [-0.2, 0) is 0 Å². The van der Waals surface area contributed by atoms with E-state index in [4.69, 9.17) is 0 Å². The normalized spacial score (nSPS) is 12.8. The largest absolute Gasteiger partial charge is 0.306 e. The van der Waals surface area contributed by atoms with Gasteiger partial charge in [0.25, 0.3) is 0 Å². The van der Waals surface area contributed by atoms with Crippen molar-refractivity contribution in [2.45, 2.75) is 20.8 Å². The van der Waals surface area contributed by atoms with Gasteiger partial charge in [0, 0.05) is 12.4 Å². The Morgan fingerprint density at radius 3 is 2.75 bits per heavy atom. The van der Waals surface area contributed by atoms with E-state index < -0.39 is 0 Å². The summed E-state index contributed by atoms with van der Waals surface area (Å²) in [6.45, 7) is 6.09. The molecule has 2 nitrogen and oxygen atoms in total. The van der Waals surface area contributed by atoms with E-state index >= 15 is 0 Å². The maximum atomic E-state index is 4.41. The van der Waals surface area contributed by atoms with Gasteiger partial charge in [-0.15, -0.1) is 0 Å². The van der Waals surface area contributed by atoms with Crippen LogP contribution in [0.25, 0.3) is 11.2 Å². The van der Waals surface area contributed by atoms with Crippen LogP contribution in [0, 0.1) is 6.92 Å². The van der Waals surface area contributed by atoms with Crippen LogP contribution in [0.3, 0.4) is 0 Å². The number of allylic oxidation sites excluding steroid dienone is 4. The minimum absolute atomic E-state index is 0.997. The molecule has 2 heteroatoms. The molecular formula is C14H16N2. The third kappa shape index (κ3) is 1.91. The molecule has 0 bridgehead atoms. The van der Waals surface area contributed by atoms with Gasteiger partial charge in [-0.25, -0.2) is 4.98 Å². The molecular weight excluding hydrogens is 196 g/mol. The van der Waals surface area contributed by atoms with Crippen molar-refractivity contribution >= 4 is 11.2 Å². The number of fused-ring (bicyclic) bond motifs is 1. The highest BCUT2D eigenvalue weighted by Gasteiger charge is 2.01. The van der Waals surface area contributed by atoms with Crippen molar-refractivity contribution in [2.24, 2.45) is 0 Å². The van der Waals surface area contributed by atoms with E-state index in [1.165, 1.54) is 11.1 Å². The van der Waals surface area contributed by atoms with Crippen LogP contribution in [0.4, 0.5) is 0 Å². The van der Waals surface area contributed by atoms with Gasteiger partial charge in [0.1, 0.15) is 5.65 Å². The highest BCUT2D eigenvalue weighted by molar-refractivity contribution is 5.73. The molecule has 0 unspecified atom stereocenters. The van der Waals surface area contributed by atoms with Crippen molar-refractivity contribution in [2.75, 3.05) is 0 Å². The molecule has 2 rings (SSSR count). The number of aromatic nitrogens is 2. The van der Waals surface area contributed by atoms with Crippen LogP contribution in [0.2, 0.25) is 0 Å². The fourth-order valence-corrected chi connectivity index (χ4v) is 1.83. The molecule has 0 aliphatic rings. The summed E-state index contributed by atoms with van der Waals surface area (Å²) in [5.74, 6) is 0. The summed E-state index contributed by atoms with van der Waals surface area (Å²) in [7, 11) is 0. The highest BCUT2D eigenvalue weighted by atomic mass is 15.0. The van der Waals surface area contributed by atoms with E-state index in [0.717, 1.165) is 11.3 Å². The predicted molar refractivity (Wildman–Crippen MR) is 68.4 cm³/mol. The summed E-state index contributed by atoms with van der Waals surface area (Å²) in [5, 5.41) is 0. The van der Waals surface area contributed by atoms with Gasteiger partial charge in [-0.05, 0) is 44.0 Å². The Morgan fingerprint density at radius 1 is 1.25 bits per heavy atom. The second-order valence-corrected chi connectivity index (χ2v) is 3.81. The summed E-state index contributed by atoms with van der Waals surface area (Å²) in [4.78, 5) is 4.41. The molecule has 0 amide bonds. The zero-order valence-electron chi connectivity index (χ0n) is 9.94. The zero-order valence-corrected chi connectivity index (χ0v) is 9.94. The SMILES string of the molecule is CC=CC(=CC)c1ccc2nc(C)cn2c1. The number of pyridine rings is 1. The van der Waals surface area contributed by atoms with Crippen LogP contribution in [-0.4, -0.2) is 9.38 Å². The molecule has 0 spiro atoms. The molecule has 2 aromatic heterocycles. The Balaban J connectivity index is 2.53. The molecule has 82 valence electrons. The minimum Gasteiger partial charge on any atom is -0.306 e. The van der Waals surface area contributed by atoms with Gasteiger partial charge >= 0.3 is 0 Å². The van der Waals surface area contributed by atoms with Gasteiger partial charge in [-0.1, -0.05) is 18.2 Å². The quantitative estimate of drug-likeness (QED) is 0.695. The van der Waals surface area contributed by atoms with Crippen LogP contribution in [0.1, 0.15) is 25.1 Å². The van der Waals surface area contributed by atoms with Gasteiger partial charge in [0.05, 0.1) is 5.69 Å². The first kappa shape index (κ1) is 10.7. The first-order valence-corrected chi connectivity index (χ1v) is 5.49. The number of hydrogen-bond donors (Lipinski definition) is 0.